The van der Waals surface area contributed by atoms with Crippen LogP contribution in [-0.4, -0.2) is 38.9 Å². The van der Waals surface area contributed by atoms with Crippen molar-refractivity contribution in [2.45, 2.75) is 32.1 Å². The molecule has 0 bridgehead atoms. The largest absolute Gasteiger partial charge is 0.392 e. The lowest BCUT2D eigenvalue weighted by Crippen LogP contribution is -2.57. The normalized spacial score (nSPS) is 11.2. The van der Waals surface area contributed by atoms with E-state index in [0.717, 1.165) is 11.1 Å². The molecule has 0 saturated carbocycles. The molecule has 5 N–H and O–H groups in total. The molecule has 0 fully saturated rings. The summed E-state index contributed by atoms with van der Waals surface area (Å²) in [5.74, 6) is 9.71. The maximum absolute atomic E-state index is 12.3. The third-order valence-corrected chi connectivity index (χ3v) is 4.11. The highest BCUT2D eigenvalue weighted by atomic mass is 16.5. The second kappa shape index (κ2) is 10.2. The molecule has 0 aromatic heterocycles. The number of hydrogen-bond donors (Lipinski definition) is 5. The zero-order valence-electron chi connectivity index (χ0n) is 16.6. The van der Waals surface area contributed by atoms with Crippen molar-refractivity contribution in [2.75, 3.05) is 0 Å². The van der Waals surface area contributed by atoms with Gasteiger partial charge in [0.25, 0.3) is 11.8 Å². The summed E-state index contributed by atoms with van der Waals surface area (Å²) >= 11 is 0. The Bertz CT molecular complexity index is 1010. The monoisotopic (exact) mass is 406 g/mol. The molecule has 0 unspecified atom stereocenters. The third kappa shape index (κ3) is 6.47. The van der Waals surface area contributed by atoms with Crippen LogP contribution >= 0.6 is 0 Å². The van der Waals surface area contributed by atoms with Crippen LogP contribution in [0, 0.1) is 23.7 Å². The van der Waals surface area contributed by atoms with E-state index in [1.165, 1.54) is 31.5 Å². The van der Waals surface area contributed by atoms with E-state index in [1.807, 2.05) is 0 Å². The van der Waals surface area contributed by atoms with E-state index in [0.29, 0.717) is 5.56 Å². The summed E-state index contributed by atoms with van der Waals surface area (Å²) in [6, 6.07) is 12.1. The minimum absolute atomic E-state index is 0.0193. The molecule has 2 amide bonds. The van der Waals surface area contributed by atoms with Gasteiger partial charge in [-0.05, 0) is 67.6 Å². The first kappa shape index (κ1) is 22.7. The number of nitrogens with one attached hydrogen (secondary N) is 2. The molecular weight excluding hydrogens is 384 g/mol. The van der Waals surface area contributed by atoms with E-state index in [-0.39, 0.29) is 12.2 Å². The molecule has 2 rings (SSSR count). The second-order valence-corrected chi connectivity index (χ2v) is 6.97. The maximum atomic E-state index is 12.3. The molecule has 7 heteroatoms. The van der Waals surface area contributed by atoms with Crippen molar-refractivity contribution in [3.8, 4) is 23.7 Å². The minimum Gasteiger partial charge on any atom is -0.392 e. The number of carbonyl (C=O) groups is 2. The fourth-order valence-electron chi connectivity index (χ4n) is 2.45. The van der Waals surface area contributed by atoms with Crippen LogP contribution in [0.25, 0.3) is 0 Å². The summed E-state index contributed by atoms with van der Waals surface area (Å²) in [7, 11) is 0. The van der Waals surface area contributed by atoms with Gasteiger partial charge in [-0.15, -0.1) is 0 Å². The van der Waals surface area contributed by atoms with Crippen LogP contribution in [0.1, 0.15) is 40.9 Å². The first-order valence-corrected chi connectivity index (χ1v) is 9.03. The third-order valence-electron chi connectivity index (χ3n) is 4.11. The van der Waals surface area contributed by atoms with Crippen molar-refractivity contribution < 1.29 is 25.0 Å². The van der Waals surface area contributed by atoms with E-state index in [4.69, 9.17) is 10.3 Å². The number of rotatable bonds is 5. The highest BCUT2D eigenvalue weighted by Gasteiger charge is 2.34. The first-order valence-electron chi connectivity index (χ1n) is 9.03. The molecule has 0 aliphatic rings. The van der Waals surface area contributed by atoms with Gasteiger partial charge in [0, 0.05) is 16.7 Å². The van der Waals surface area contributed by atoms with Crippen molar-refractivity contribution in [3.05, 3.63) is 70.8 Å². The molecule has 154 valence electrons. The van der Waals surface area contributed by atoms with Crippen molar-refractivity contribution in [1.82, 2.24) is 10.8 Å². The van der Waals surface area contributed by atoms with Crippen LogP contribution < -0.4 is 10.8 Å². The summed E-state index contributed by atoms with van der Waals surface area (Å²) in [6.45, 7) is 2.66. The van der Waals surface area contributed by atoms with E-state index < -0.39 is 23.5 Å². The van der Waals surface area contributed by atoms with Gasteiger partial charge in [-0.2, -0.15) is 0 Å². The van der Waals surface area contributed by atoms with Crippen molar-refractivity contribution in [1.29, 1.82) is 0 Å². The van der Waals surface area contributed by atoms with Gasteiger partial charge in [-0.1, -0.05) is 24.0 Å². The number of aliphatic hydroxyl groups is 2. The number of amides is 2. The molecule has 0 saturated heterocycles. The van der Waals surface area contributed by atoms with E-state index in [1.54, 1.807) is 36.4 Å². The molecule has 0 aliphatic carbocycles. The van der Waals surface area contributed by atoms with Crippen LogP contribution in [0.15, 0.2) is 48.5 Å². The fourth-order valence-corrected chi connectivity index (χ4v) is 2.45. The highest BCUT2D eigenvalue weighted by Crippen LogP contribution is 2.11. The van der Waals surface area contributed by atoms with Crippen LogP contribution in [0.4, 0.5) is 0 Å². The summed E-state index contributed by atoms with van der Waals surface area (Å²) in [4.78, 5) is 24.0. The molecular formula is C23H22N2O5. The van der Waals surface area contributed by atoms with Gasteiger partial charge in [-0.3, -0.25) is 14.8 Å². The lowest BCUT2D eigenvalue weighted by atomic mass is 9.97. The van der Waals surface area contributed by atoms with E-state index >= 15 is 0 Å². The van der Waals surface area contributed by atoms with Gasteiger partial charge in [0.15, 0.2) is 0 Å². The van der Waals surface area contributed by atoms with Crippen LogP contribution in [0.3, 0.4) is 0 Å². The molecule has 2 aromatic rings. The Morgan fingerprint density at radius 1 is 0.967 bits per heavy atom. The van der Waals surface area contributed by atoms with Crippen molar-refractivity contribution in [3.63, 3.8) is 0 Å². The molecule has 0 heterocycles. The average Bonchev–Trinajstić information content (AvgIpc) is 2.74. The summed E-state index contributed by atoms with van der Waals surface area (Å²) in [5.41, 5.74) is 2.34. The van der Waals surface area contributed by atoms with Gasteiger partial charge in [0.05, 0.1) is 12.2 Å². The lowest BCUT2D eigenvalue weighted by Gasteiger charge is -2.28. The zero-order valence-corrected chi connectivity index (χ0v) is 16.6. The van der Waals surface area contributed by atoms with Crippen LogP contribution in [0.5, 0.6) is 0 Å². The van der Waals surface area contributed by atoms with Crippen LogP contribution in [0.2, 0.25) is 0 Å². The van der Waals surface area contributed by atoms with Crippen molar-refractivity contribution in [2.24, 2.45) is 0 Å². The molecule has 7 nitrogen and oxygen atoms in total. The van der Waals surface area contributed by atoms with E-state index in [2.05, 4.69) is 29.0 Å². The number of aliphatic hydroxyl groups excluding tert-OH is 1. The summed E-state index contributed by atoms with van der Waals surface area (Å²) in [6.07, 6.45) is 0. The smallest absolute Gasteiger partial charge is 0.268 e. The summed E-state index contributed by atoms with van der Waals surface area (Å²) in [5, 5.41) is 30.2. The Labute approximate surface area is 174 Å². The minimum atomic E-state index is -1.58. The van der Waals surface area contributed by atoms with Crippen LogP contribution in [-0.2, 0) is 11.4 Å². The molecule has 0 aliphatic heterocycles. The molecule has 1 atom stereocenters. The second-order valence-electron chi connectivity index (χ2n) is 6.97. The Kier molecular flexibility index (Phi) is 7.74. The van der Waals surface area contributed by atoms with Gasteiger partial charge >= 0.3 is 0 Å². The fraction of sp³-hybridized carbons (Fsp3) is 0.217. The Balaban J connectivity index is 2.04. The average molecular weight is 406 g/mol. The SMILES string of the molecule is CC(C)(O)[C@H](NC(=O)c1ccc(C#CC#Cc2ccc(CO)cc2)cc1)C(=O)NO. The predicted molar refractivity (Wildman–Crippen MR) is 110 cm³/mol. The number of benzene rings is 2. The number of hydroxylamine groups is 1. The molecule has 30 heavy (non-hydrogen) atoms. The zero-order chi connectivity index (χ0) is 22.1. The molecule has 2 aromatic carbocycles. The van der Waals surface area contributed by atoms with Gasteiger partial charge in [0.1, 0.15) is 6.04 Å². The summed E-state index contributed by atoms with van der Waals surface area (Å²) < 4.78 is 0. The first-order chi connectivity index (χ1) is 14.2. The Hall–Kier alpha value is -3.62. The van der Waals surface area contributed by atoms with Gasteiger partial charge in [-0.25, -0.2) is 5.48 Å². The Morgan fingerprint density at radius 2 is 1.47 bits per heavy atom. The number of hydrogen-bond acceptors (Lipinski definition) is 5. The quantitative estimate of drug-likeness (QED) is 0.288. The standard InChI is InChI=1S/C23H22N2O5/c1-23(2,29)20(22(28)25-30)24-21(27)19-13-11-17(12-14-19)6-4-3-5-16-7-9-18(15-26)10-8-16/h7-14,20,26,29-30H,15H2,1-2H3,(H,24,27)(H,25,28)/t20-/m1/s1. The van der Waals surface area contributed by atoms with Gasteiger partial charge < -0.3 is 15.5 Å². The molecule has 0 radical (unpaired) electrons. The predicted octanol–water partition coefficient (Wildman–Crippen LogP) is 0.957. The highest BCUT2D eigenvalue weighted by molar-refractivity contribution is 5.97. The van der Waals surface area contributed by atoms with Crippen molar-refractivity contribution >= 4 is 11.8 Å². The Morgan fingerprint density at radius 3 is 1.90 bits per heavy atom. The number of carbonyl (C=O) groups excluding carboxylic acids is 2. The topological polar surface area (TPSA) is 119 Å². The lowest BCUT2D eigenvalue weighted by molar-refractivity contribution is -0.136. The molecule has 0 spiro atoms. The van der Waals surface area contributed by atoms with Gasteiger partial charge in [0.2, 0.25) is 0 Å². The van der Waals surface area contributed by atoms with E-state index in [9.17, 15) is 14.7 Å². The maximum Gasteiger partial charge on any atom is 0.268 e.